The van der Waals surface area contributed by atoms with Crippen LogP contribution in [0.15, 0.2) is 23.1 Å². The highest BCUT2D eigenvalue weighted by molar-refractivity contribution is 7.89. The van der Waals surface area contributed by atoms with Gasteiger partial charge in [-0.2, -0.15) is 4.31 Å². The van der Waals surface area contributed by atoms with E-state index in [-0.39, 0.29) is 6.04 Å². The van der Waals surface area contributed by atoms with Gasteiger partial charge in [-0.3, -0.25) is 0 Å². The summed E-state index contributed by atoms with van der Waals surface area (Å²) in [5.41, 5.74) is 0.829. The van der Waals surface area contributed by atoms with E-state index in [9.17, 15) is 8.42 Å². The Labute approximate surface area is 121 Å². The number of ether oxygens (including phenoxy) is 1. The molecule has 1 saturated heterocycles. The van der Waals surface area contributed by atoms with Crippen LogP contribution in [-0.2, 0) is 10.0 Å². The minimum atomic E-state index is -3.43. The van der Waals surface area contributed by atoms with Gasteiger partial charge in [-0.05, 0) is 44.7 Å². The third-order valence-electron chi connectivity index (χ3n) is 3.74. The average molecular weight is 298 g/mol. The summed E-state index contributed by atoms with van der Waals surface area (Å²) in [5.74, 6) is 0.704. The smallest absolute Gasteiger partial charge is 0.243 e. The summed E-state index contributed by atoms with van der Waals surface area (Å²) in [4.78, 5) is 2.49. The van der Waals surface area contributed by atoms with E-state index in [1.807, 2.05) is 20.9 Å². The van der Waals surface area contributed by atoms with E-state index in [1.165, 1.54) is 0 Å². The van der Waals surface area contributed by atoms with Crippen molar-refractivity contribution < 1.29 is 13.2 Å². The lowest BCUT2D eigenvalue weighted by molar-refractivity contribution is 0.170. The zero-order valence-electron chi connectivity index (χ0n) is 12.5. The maximum Gasteiger partial charge on any atom is 0.243 e. The van der Waals surface area contributed by atoms with Crippen LogP contribution in [0.2, 0.25) is 0 Å². The third kappa shape index (κ3) is 2.82. The van der Waals surface area contributed by atoms with E-state index >= 15 is 0 Å². The van der Waals surface area contributed by atoms with Crippen LogP contribution >= 0.6 is 0 Å². The van der Waals surface area contributed by atoms with E-state index < -0.39 is 10.0 Å². The molecule has 0 amide bonds. The van der Waals surface area contributed by atoms with Gasteiger partial charge in [-0.25, -0.2) is 8.42 Å². The van der Waals surface area contributed by atoms with Gasteiger partial charge in [0.1, 0.15) is 5.75 Å². The molecule has 1 atom stereocenters. The normalized spacial score (nSPS) is 21.9. The van der Waals surface area contributed by atoms with Crippen LogP contribution < -0.4 is 4.74 Å². The summed E-state index contributed by atoms with van der Waals surface area (Å²) < 4.78 is 32.2. The topological polar surface area (TPSA) is 49.9 Å². The molecule has 1 fully saturated rings. The van der Waals surface area contributed by atoms with Crippen molar-refractivity contribution >= 4 is 10.0 Å². The second-order valence-corrected chi connectivity index (χ2v) is 7.25. The van der Waals surface area contributed by atoms with Crippen molar-refractivity contribution in [2.75, 3.05) is 33.8 Å². The molecular weight excluding hydrogens is 276 g/mol. The number of methoxy groups -OCH3 is 1. The summed E-state index contributed by atoms with van der Waals surface area (Å²) in [6, 6.07) is 5.00. The molecule has 1 aliphatic heterocycles. The van der Waals surface area contributed by atoms with Crippen LogP contribution in [0.1, 0.15) is 12.5 Å². The molecule has 0 aromatic heterocycles. The van der Waals surface area contributed by atoms with Gasteiger partial charge in [-0.1, -0.05) is 0 Å². The monoisotopic (exact) mass is 298 g/mol. The lowest BCUT2D eigenvalue weighted by Gasteiger charge is -2.37. The number of piperazine rings is 1. The van der Waals surface area contributed by atoms with Crippen LogP contribution in [-0.4, -0.2) is 57.5 Å². The molecule has 0 aliphatic carbocycles. The third-order valence-corrected chi connectivity index (χ3v) is 5.75. The zero-order valence-corrected chi connectivity index (χ0v) is 13.3. The summed E-state index contributed by atoms with van der Waals surface area (Å²) in [6.45, 7) is 5.85. The SMILES string of the molecule is COc1ccc(S(=O)(=O)N2CCN(C)CC2C)cc1C. The summed E-state index contributed by atoms with van der Waals surface area (Å²) in [5, 5.41) is 0. The first-order valence-electron chi connectivity index (χ1n) is 6.71. The van der Waals surface area contributed by atoms with Crippen LogP contribution in [0.4, 0.5) is 0 Å². The van der Waals surface area contributed by atoms with Crippen molar-refractivity contribution in [3.63, 3.8) is 0 Å². The molecule has 2 rings (SSSR count). The largest absolute Gasteiger partial charge is 0.496 e. The Morgan fingerprint density at radius 1 is 1.30 bits per heavy atom. The van der Waals surface area contributed by atoms with E-state index in [2.05, 4.69) is 4.90 Å². The number of hydrogen-bond acceptors (Lipinski definition) is 4. The predicted molar refractivity (Wildman–Crippen MR) is 78.6 cm³/mol. The van der Waals surface area contributed by atoms with Gasteiger partial charge in [0.25, 0.3) is 0 Å². The number of nitrogens with zero attached hydrogens (tertiary/aromatic N) is 2. The molecule has 1 unspecified atom stereocenters. The van der Waals surface area contributed by atoms with Crippen LogP contribution in [0.3, 0.4) is 0 Å². The number of likely N-dealkylation sites (N-methyl/N-ethyl adjacent to an activating group) is 1. The maximum atomic E-state index is 12.7. The maximum absolute atomic E-state index is 12.7. The predicted octanol–water partition coefficient (Wildman–Crippen LogP) is 1.33. The minimum Gasteiger partial charge on any atom is -0.496 e. The minimum absolute atomic E-state index is 0.0128. The molecule has 1 aromatic carbocycles. The molecule has 0 bridgehead atoms. The molecular formula is C14H22N2O3S. The summed E-state index contributed by atoms with van der Waals surface area (Å²) in [7, 11) is 0.163. The van der Waals surface area contributed by atoms with Crippen LogP contribution in [0.5, 0.6) is 5.75 Å². The van der Waals surface area contributed by atoms with Gasteiger partial charge in [0.15, 0.2) is 0 Å². The van der Waals surface area contributed by atoms with Crippen molar-refractivity contribution in [3.8, 4) is 5.75 Å². The molecule has 1 aromatic rings. The van der Waals surface area contributed by atoms with Crippen molar-refractivity contribution in [2.45, 2.75) is 24.8 Å². The summed E-state index contributed by atoms with van der Waals surface area (Å²) in [6.07, 6.45) is 0. The number of sulfonamides is 1. The quantitative estimate of drug-likeness (QED) is 0.845. The highest BCUT2D eigenvalue weighted by Crippen LogP contribution is 2.25. The van der Waals surface area contributed by atoms with Gasteiger partial charge < -0.3 is 9.64 Å². The first-order chi connectivity index (χ1) is 9.36. The van der Waals surface area contributed by atoms with Crippen molar-refractivity contribution in [3.05, 3.63) is 23.8 Å². The number of rotatable bonds is 3. The Bertz CT molecular complexity index is 586. The molecule has 5 nitrogen and oxygen atoms in total. The van der Waals surface area contributed by atoms with Crippen molar-refractivity contribution in [1.29, 1.82) is 0 Å². The second kappa shape index (κ2) is 5.71. The van der Waals surface area contributed by atoms with E-state index in [1.54, 1.807) is 29.6 Å². The Morgan fingerprint density at radius 3 is 2.55 bits per heavy atom. The molecule has 6 heteroatoms. The average Bonchev–Trinajstić information content (AvgIpc) is 2.38. The molecule has 0 saturated carbocycles. The lowest BCUT2D eigenvalue weighted by Crippen LogP contribution is -2.52. The standard InChI is InChI=1S/C14H22N2O3S/c1-11-9-13(5-6-14(11)19-4)20(17,18)16-8-7-15(3)10-12(16)2/h5-6,9,12H,7-8,10H2,1-4H3. The summed E-state index contributed by atoms with van der Waals surface area (Å²) >= 11 is 0. The Balaban J connectivity index is 2.33. The van der Waals surface area contributed by atoms with Crippen molar-refractivity contribution in [1.82, 2.24) is 9.21 Å². The van der Waals surface area contributed by atoms with Crippen molar-refractivity contribution in [2.24, 2.45) is 0 Å². The highest BCUT2D eigenvalue weighted by Gasteiger charge is 2.32. The Kier molecular flexibility index (Phi) is 4.36. The van der Waals surface area contributed by atoms with E-state index in [0.29, 0.717) is 17.2 Å². The molecule has 112 valence electrons. The fourth-order valence-corrected chi connectivity index (χ4v) is 4.33. The fourth-order valence-electron chi connectivity index (χ4n) is 2.63. The first-order valence-corrected chi connectivity index (χ1v) is 8.15. The number of hydrogen-bond donors (Lipinski definition) is 0. The molecule has 20 heavy (non-hydrogen) atoms. The number of benzene rings is 1. The van der Waals surface area contributed by atoms with Gasteiger partial charge >= 0.3 is 0 Å². The second-order valence-electron chi connectivity index (χ2n) is 5.36. The molecule has 0 N–H and O–H groups in total. The highest BCUT2D eigenvalue weighted by atomic mass is 32.2. The Morgan fingerprint density at radius 2 is 2.00 bits per heavy atom. The van der Waals surface area contributed by atoms with Gasteiger partial charge in [-0.15, -0.1) is 0 Å². The van der Waals surface area contributed by atoms with E-state index in [0.717, 1.165) is 18.7 Å². The molecule has 0 spiro atoms. The van der Waals surface area contributed by atoms with Gasteiger partial charge in [0.2, 0.25) is 10.0 Å². The van der Waals surface area contributed by atoms with E-state index in [4.69, 9.17) is 4.74 Å². The molecule has 1 heterocycles. The molecule has 1 aliphatic rings. The molecule has 0 radical (unpaired) electrons. The number of aryl methyl sites for hydroxylation is 1. The van der Waals surface area contributed by atoms with Crippen LogP contribution in [0, 0.1) is 6.92 Å². The van der Waals surface area contributed by atoms with Gasteiger partial charge in [0.05, 0.1) is 12.0 Å². The Hall–Kier alpha value is -1.11. The lowest BCUT2D eigenvalue weighted by atomic mass is 10.2. The zero-order chi connectivity index (χ0) is 14.9. The van der Waals surface area contributed by atoms with Gasteiger partial charge in [0, 0.05) is 25.7 Å². The fraction of sp³-hybridized carbons (Fsp3) is 0.571. The first kappa shape index (κ1) is 15.3. The van der Waals surface area contributed by atoms with Crippen LogP contribution in [0.25, 0.3) is 0 Å².